The van der Waals surface area contributed by atoms with Gasteiger partial charge < -0.3 is 15.2 Å². The molecular weight excluding hydrogens is 309 g/mol. The zero-order valence-electron chi connectivity index (χ0n) is 13.9. The lowest BCUT2D eigenvalue weighted by molar-refractivity contribution is -0.125. The Balaban J connectivity index is 2.06. The van der Waals surface area contributed by atoms with Gasteiger partial charge in [0.2, 0.25) is 5.91 Å². The Labute approximate surface area is 141 Å². The van der Waals surface area contributed by atoms with E-state index in [1.807, 2.05) is 18.2 Å². The maximum absolute atomic E-state index is 13.1. The Hall–Kier alpha value is -2.40. The third kappa shape index (κ3) is 4.32. The number of aliphatic hydroxyl groups excluding tert-OH is 1. The zero-order chi connectivity index (χ0) is 17.6. The highest BCUT2D eigenvalue weighted by atomic mass is 19.1. The minimum atomic E-state index is -0.783. The van der Waals surface area contributed by atoms with E-state index in [1.165, 1.54) is 12.1 Å². The number of nitrogens with one attached hydrogen (secondary N) is 1. The maximum atomic E-state index is 13.1. The Morgan fingerprint density at radius 2 is 1.83 bits per heavy atom. The fourth-order valence-electron chi connectivity index (χ4n) is 2.34. The summed E-state index contributed by atoms with van der Waals surface area (Å²) in [5, 5.41) is 11.8. The second-order valence-corrected chi connectivity index (χ2v) is 5.99. The van der Waals surface area contributed by atoms with Gasteiger partial charge in [0.1, 0.15) is 18.2 Å². The molecule has 128 valence electrons. The molecular formula is C19H22FNO3. The van der Waals surface area contributed by atoms with Crippen LogP contribution in [0.15, 0.2) is 48.5 Å². The van der Waals surface area contributed by atoms with Crippen LogP contribution in [-0.4, -0.2) is 24.2 Å². The number of aliphatic hydroxyl groups is 1. The Bertz CT molecular complexity index is 683. The molecule has 5 heteroatoms. The van der Waals surface area contributed by atoms with Crippen LogP contribution in [0.3, 0.4) is 0 Å². The van der Waals surface area contributed by atoms with Crippen molar-refractivity contribution in [3.63, 3.8) is 0 Å². The Morgan fingerprint density at radius 3 is 2.50 bits per heavy atom. The lowest BCUT2D eigenvalue weighted by Crippen LogP contribution is -2.39. The van der Waals surface area contributed by atoms with Crippen LogP contribution in [-0.2, 0) is 16.8 Å². The summed E-state index contributed by atoms with van der Waals surface area (Å²) >= 11 is 0. The number of hydrogen-bond acceptors (Lipinski definition) is 3. The molecule has 1 amide bonds. The minimum Gasteiger partial charge on any atom is -0.491 e. The van der Waals surface area contributed by atoms with Gasteiger partial charge in [-0.2, -0.15) is 0 Å². The van der Waals surface area contributed by atoms with Crippen molar-refractivity contribution in [1.29, 1.82) is 0 Å². The highest BCUT2D eigenvalue weighted by molar-refractivity contribution is 5.87. The van der Waals surface area contributed by atoms with Crippen molar-refractivity contribution in [3.05, 3.63) is 65.5 Å². The van der Waals surface area contributed by atoms with Gasteiger partial charge in [0.25, 0.3) is 0 Å². The minimum absolute atomic E-state index is 0.0711. The lowest BCUT2D eigenvalue weighted by Gasteiger charge is -2.24. The van der Waals surface area contributed by atoms with E-state index < -0.39 is 5.41 Å². The molecule has 0 spiro atoms. The summed E-state index contributed by atoms with van der Waals surface area (Å²) in [6.45, 7) is 4.03. The first-order valence-corrected chi connectivity index (χ1v) is 7.81. The summed E-state index contributed by atoms with van der Waals surface area (Å²) in [7, 11) is 0. The highest BCUT2D eigenvalue weighted by Crippen LogP contribution is 2.24. The first kappa shape index (κ1) is 17.9. The van der Waals surface area contributed by atoms with Gasteiger partial charge in [-0.05, 0) is 37.6 Å². The van der Waals surface area contributed by atoms with E-state index in [0.29, 0.717) is 12.3 Å². The second kappa shape index (κ2) is 7.93. The molecule has 0 heterocycles. The van der Waals surface area contributed by atoms with E-state index in [4.69, 9.17) is 9.84 Å². The molecule has 4 nitrogen and oxygen atoms in total. The smallest absolute Gasteiger partial charge is 0.230 e. The molecule has 0 radical (unpaired) electrons. The average molecular weight is 331 g/mol. The number of benzene rings is 2. The quantitative estimate of drug-likeness (QED) is 0.820. The summed E-state index contributed by atoms with van der Waals surface area (Å²) in [5.74, 6) is 0.141. The van der Waals surface area contributed by atoms with E-state index in [9.17, 15) is 9.18 Å². The molecule has 0 unspecified atom stereocenters. The van der Waals surface area contributed by atoms with Gasteiger partial charge >= 0.3 is 0 Å². The Kier molecular flexibility index (Phi) is 5.93. The van der Waals surface area contributed by atoms with Gasteiger partial charge in [0.15, 0.2) is 0 Å². The predicted molar refractivity (Wildman–Crippen MR) is 90.3 cm³/mol. The normalized spacial score (nSPS) is 11.2. The van der Waals surface area contributed by atoms with Crippen LogP contribution in [0.25, 0.3) is 0 Å². The second-order valence-electron chi connectivity index (χ2n) is 5.99. The molecule has 2 N–H and O–H groups in total. The van der Waals surface area contributed by atoms with E-state index in [0.717, 1.165) is 11.1 Å². The largest absolute Gasteiger partial charge is 0.491 e. The van der Waals surface area contributed by atoms with Crippen LogP contribution in [0.5, 0.6) is 5.75 Å². The average Bonchev–Trinajstić information content (AvgIpc) is 2.58. The fourth-order valence-corrected chi connectivity index (χ4v) is 2.34. The maximum Gasteiger partial charge on any atom is 0.230 e. The fraction of sp³-hybridized carbons (Fsp3) is 0.316. The molecule has 0 atom stereocenters. The van der Waals surface area contributed by atoms with Gasteiger partial charge in [-0.15, -0.1) is 0 Å². The summed E-state index contributed by atoms with van der Waals surface area (Å²) < 4.78 is 18.5. The van der Waals surface area contributed by atoms with Crippen LogP contribution >= 0.6 is 0 Å². The monoisotopic (exact) mass is 331 g/mol. The van der Waals surface area contributed by atoms with Crippen LogP contribution in [0.2, 0.25) is 0 Å². The molecule has 0 bridgehead atoms. The number of amides is 1. The third-order valence-electron chi connectivity index (χ3n) is 3.89. The molecule has 2 aromatic carbocycles. The van der Waals surface area contributed by atoms with Gasteiger partial charge in [0, 0.05) is 12.1 Å². The number of carbonyl (C=O) groups is 1. The molecule has 0 saturated heterocycles. The van der Waals surface area contributed by atoms with Crippen molar-refractivity contribution in [1.82, 2.24) is 5.32 Å². The van der Waals surface area contributed by atoms with Crippen molar-refractivity contribution in [3.8, 4) is 5.75 Å². The SMILES string of the molecule is CC(C)(C(=O)NCc1ccccc1OCCO)c1ccc(F)cc1. The van der Waals surface area contributed by atoms with Crippen LogP contribution < -0.4 is 10.1 Å². The number of hydrogen-bond donors (Lipinski definition) is 2. The first-order valence-electron chi connectivity index (χ1n) is 7.81. The van der Waals surface area contributed by atoms with Crippen LogP contribution in [0, 0.1) is 5.82 Å². The van der Waals surface area contributed by atoms with Crippen LogP contribution in [0.4, 0.5) is 4.39 Å². The molecule has 24 heavy (non-hydrogen) atoms. The predicted octanol–water partition coefficient (Wildman–Crippen LogP) is 2.79. The van der Waals surface area contributed by atoms with Crippen molar-refractivity contribution in [2.75, 3.05) is 13.2 Å². The molecule has 0 saturated carbocycles. The first-order chi connectivity index (χ1) is 11.4. The molecule has 0 aliphatic rings. The zero-order valence-corrected chi connectivity index (χ0v) is 13.9. The van der Waals surface area contributed by atoms with Gasteiger partial charge in [-0.1, -0.05) is 30.3 Å². The number of ether oxygens (including phenoxy) is 1. The van der Waals surface area contributed by atoms with Crippen molar-refractivity contribution in [2.45, 2.75) is 25.8 Å². The number of rotatable bonds is 7. The van der Waals surface area contributed by atoms with Crippen molar-refractivity contribution >= 4 is 5.91 Å². The number of para-hydroxylation sites is 1. The van der Waals surface area contributed by atoms with Crippen LogP contribution in [0.1, 0.15) is 25.0 Å². The lowest BCUT2D eigenvalue weighted by atomic mass is 9.83. The van der Waals surface area contributed by atoms with E-state index in [1.54, 1.807) is 32.0 Å². The van der Waals surface area contributed by atoms with Gasteiger partial charge in [0.05, 0.1) is 12.0 Å². The molecule has 0 aliphatic heterocycles. The molecule has 2 aromatic rings. The van der Waals surface area contributed by atoms with E-state index in [-0.39, 0.29) is 24.9 Å². The number of halogens is 1. The third-order valence-corrected chi connectivity index (χ3v) is 3.89. The highest BCUT2D eigenvalue weighted by Gasteiger charge is 2.29. The van der Waals surface area contributed by atoms with Crippen molar-refractivity contribution in [2.24, 2.45) is 0 Å². The Morgan fingerprint density at radius 1 is 1.17 bits per heavy atom. The summed E-state index contributed by atoms with van der Waals surface area (Å²) in [5.41, 5.74) is 0.787. The summed E-state index contributed by atoms with van der Waals surface area (Å²) in [4.78, 5) is 12.6. The summed E-state index contributed by atoms with van der Waals surface area (Å²) in [6, 6.07) is 13.3. The summed E-state index contributed by atoms with van der Waals surface area (Å²) in [6.07, 6.45) is 0. The molecule has 2 rings (SSSR count). The molecule has 0 fully saturated rings. The standard InChI is InChI=1S/C19H22FNO3/c1-19(2,15-7-9-16(20)10-8-15)18(23)21-13-14-5-3-4-6-17(14)24-12-11-22/h3-10,22H,11-13H2,1-2H3,(H,21,23). The van der Waals surface area contributed by atoms with E-state index >= 15 is 0 Å². The topological polar surface area (TPSA) is 58.6 Å². The van der Waals surface area contributed by atoms with Crippen molar-refractivity contribution < 1.29 is 19.0 Å². The van der Waals surface area contributed by atoms with Gasteiger partial charge in [-0.3, -0.25) is 4.79 Å². The molecule has 0 aromatic heterocycles. The molecule has 0 aliphatic carbocycles. The van der Waals surface area contributed by atoms with E-state index in [2.05, 4.69) is 5.32 Å². The number of carbonyl (C=O) groups excluding carboxylic acids is 1. The van der Waals surface area contributed by atoms with Gasteiger partial charge in [-0.25, -0.2) is 4.39 Å².